The summed E-state index contributed by atoms with van der Waals surface area (Å²) in [5.41, 5.74) is 0.245. The molecule has 1 rings (SSSR count). The molecule has 68 valence electrons. The Bertz CT molecular complexity index is 329. The zero-order valence-electron chi connectivity index (χ0n) is 6.78. The maximum Gasteiger partial charge on any atom is 0.140 e. The third-order valence-corrected chi connectivity index (χ3v) is 1.90. The number of benzene rings is 1. The van der Waals surface area contributed by atoms with Gasteiger partial charge in [0.05, 0.1) is 10.6 Å². The van der Waals surface area contributed by atoms with Crippen LogP contribution in [-0.4, -0.2) is 5.88 Å². The van der Waals surface area contributed by atoms with E-state index in [1.165, 1.54) is 6.07 Å². The zero-order chi connectivity index (χ0) is 9.68. The van der Waals surface area contributed by atoms with Gasteiger partial charge in [0.1, 0.15) is 5.82 Å². The predicted molar refractivity (Wildman–Crippen MR) is 53.6 cm³/mol. The van der Waals surface area contributed by atoms with Gasteiger partial charge >= 0.3 is 0 Å². The highest BCUT2D eigenvalue weighted by atomic mass is 35.5. The Balaban J connectivity index is 2.95. The van der Waals surface area contributed by atoms with Crippen LogP contribution in [0.1, 0.15) is 12.0 Å². The normalized spacial score (nSPS) is 9.15. The number of halogens is 3. The lowest BCUT2D eigenvalue weighted by molar-refractivity contribution is 0.624. The largest absolute Gasteiger partial charge is 0.206 e. The van der Waals surface area contributed by atoms with Crippen LogP contribution < -0.4 is 0 Å². The minimum atomic E-state index is -0.394. The first-order valence-corrected chi connectivity index (χ1v) is 4.66. The van der Waals surface area contributed by atoms with Crippen molar-refractivity contribution in [2.45, 2.75) is 6.42 Å². The molecule has 0 aromatic heterocycles. The highest BCUT2D eigenvalue weighted by molar-refractivity contribution is 6.31. The van der Waals surface area contributed by atoms with Gasteiger partial charge in [-0.15, -0.1) is 11.6 Å². The Morgan fingerprint density at radius 3 is 2.77 bits per heavy atom. The second-order valence-electron chi connectivity index (χ2n) is 2.34. The first-order chi connectivity index (χ1) is 6.25. The van der Waals surface area contributed by atoms with Gasteiger partial charge < -0.3 is 0 Å². The molecular weight excluding hydrogens is 210 g/mol. The molecule has 1 aromatic carbocycles. The molecule has 3 heteroatoms. The molecule has 0 atom stereocenters. The first-order valence-electron chi connectivity index (χ1n) is 3.74. The van der Waals surface area contributed by atoms with Crippen molar-refractivity contribution in [1.82, 2.24) is 0 Å². The second kappa shape index (κ2) is 5.11. The average Bonchev–Trinajstić information content (AvgIpc) is 2.10. The third-order valence-electron chi connectivity index (χ3n) is 1.40. The van der Waals surface area contributed by atoms with Crippen molar-refractivity contribution in [2.24, 2.45) is 0 Å². The summed E-state index contributed by atoms with van der Waals surface area (Å²) < 4.78 is 13.1. The molecule has 0 spiro atoms. The Hall–Kier alpha value is -0.710. The van der Waals surface area contributed by atoms with Gasteiger partial charge in [0.25, 0.3) is 0 Å². The highest BCUT2D eigenvalue weighted by Crippen LogP contribution is 2.17. The van der Waals surface area contributed by atoms with Crippen molar-refractivity contribution < 1.29 is 4.39 Å². The van der Waals surface area contributed by atoms with E-state index in [2.05, 4.69) is 11.8 Å². The molecule has 13 heavy (non-hydrogen) atoms. The van der Waals surface area contributed by atoms with Crippen LogP contribution in [0.15, 0.2) is 18.2 Å². The first kappa shape index (κ1) is 10.4. The van der Waals surface area contributed by atoms with Crippen molar-refractivity contribution in [1.29, 1.82) is 0 Å². The van der Waals surface area contributed by atoms with E-state index in [0.717, 1.165) is 0 Å². The molecule has 0 amide bonds. The summed E-state index contributed by atoms with van der Waals surface area (Å²) in [5.74, 6) is 5.42. The summed E-state index contributed by atoms with van der Waals surface area (Å²) in [7, 11) is 0. The SMILES string of the molecule is Fc1cccc(Cl)c1C#CCCCl. The van der Waals surface area contributed by atoms with Crippen molar-refractivity contribution >= 4 is 23.2 Å². The van der Waals surface area contributed by atoms with Crippen LogP contribution in [0.5, 0.6) is 0 Å². The summed E-state index contributed by atoms with van der Waals surface area (Å²) in [5, 5.41) is 0.335. The topological polar surface area (TPSA) is 0 Å². The summed E-state index contributed by atoms with van der Waals surface area (Å²) >= 11 is 11.2. The minimum absolute atomic E-state index is 0.245. The maximum atomic E-state index is 13.1. The van der Waals surface area contributed by atoms with E-state index in [1.54, 1.807) is 12.1 Å². The smallest absolute Gasteiger partial charge is 0.140 e. The fourth-order valence-electron chi connectivity index (χ4n) is 0.815. The number of hydrogen-bond donors (Lipinski definition) is 0. The van der Waals surface area contributed by atoms with Crippen LogP contribution in [0.3, 0.4) is 0 Å². The molecule has 0 bridgehead atoms. The van der Waals surface area contributed by atoms with Gasteiger partial charge in [-0.1, -0.05) is 29.5 Å². The Labute approximate surface area is 86.7 Å². The van der Waals surface area contributed by atoms with Crippen molar-refractivity contribution in [2.75, 3.05) is 5.88 Å². The molecule has 1 aromatic rings. The van der Waals surface area contributed by atoms with Crippen molar-refractivity contribution in [3.05, 3.63) is 34.6 Å². The quantitative estimate of drug-likeness (QED) is 0.499. The molecule has 0 saturated carbocycles. The molecule has 0 radical (unpaired) electrons. The summed E-state index contributed by atoms with van der Waals surface area (Å²) in [4.78, 5) is 0. The zero-order valence-corrected chi connectivity index (χ0v) is 8.29. The molecule has 0 aliphatic heterocycles. The third kappa shape index (κ3) is 2.91. The highest BCUT2D eigenvalue weighted by Gasteiger charge is 2.01. The molecule has 0 N–H and O–H groups in total. The van der Waals surface area contributed by atoms with Gasteiger partial charge in [0.2, 0.25) is 0 Å². The summed E-state index contributed by atoms with van der Waals surface area (Å²) in [6.45, 7) is 0. The molecular formula is C10H7Cl2F. The molecule has 0 fully saturated rings. The van der Waals surface area contributed by atoms with E-state index in [0.29, 0.717) is 17.3 Å². The second-order valence-corrected chi connectivity index (χ2v) is 3.12. The molecule has 0 aliphatic rings. The van der Waals surface area contributed by atoms with E-state index < -0.39 is 5.82 Å². The Kier molecular flexibility index (Phi) is 4.08. The van der Waals surface area contributed by atoms with Gasteiger partial charge in [-0.2, -0.15) is 0 Å². The lowest BCUT2D eigenvalue weighted by atomic mass is 10.2. The van der Waals surface area contributed by atoms with Crippen LogP contribution in [0.4, 0.5) is 4.39 Å². The fraction of sp³-hybridized carbons (Fsp3) is 0.200. The van der Waals surface area contributed by atoms with Crippen LogP contribution in [0.25, 0.3) is 0 Å². The van der Waals surface area contributed by atoms with Crippen LogP contribution in [-0.2, 0) is 0 Å². The van der Waals surface area contributed by atoms with Crippen molar-refractivity contribution in [3.8, 4) is 11.8 Å². The Morgan fingerprint density at radius 1 is 1.38 bits per heavy atom. The minimum Gasteiger partial charge on any atom is -0.206 e. The predicted octanol–water partition coefficient (Wildman–Crippen LogP) is 3.46. The van der Waals surface area contributed by atoms with Gasteiger partial charge in [-0.25, -0.2) is 4.39 Å². The molecule has 0 saturated heterocycles. The standard InChI is InChI=1S/C10H7Cl2F/c11-7-2-1-4-8-9(12)5-3-6-10(8)13/h3,5-6H,2,7H2. The number of rotatable bonds is 1. The Morgan fingerprint density at radius 2 is 2.15 bits per heavy atom. The van der Waals surface area contributed by atoms with Crippen molar-refractivity contribution in [3.63, 3.8) is 0 Å². The van der Waals surface area contributed by atoms with Gasteiger partial charge in [0, 0.05) is 12.3 Å². The molecule has 0 aliphatic carbocycles. The lowest BCUT2D eigenvalue weighted by Crippen LogP contribution is -1.84. The van der Waals surface area contributed by atoms with Gasteiger partial charge in [-0.05, 0) is 12.1 Å². The summed E-state index contributed by atoms with van der Waals surface area (Å²) in [6.07, 6.45) is 0.534. The maximum absolute atomic E-state index is 13.1. The van der Waals surface area contributed by atoms with Gasteiger partial charge in [-0.3, -0.25) is 0 Å². The van der Waals surface area contributed by atoms with E-state index in [4.69, 9.17) is 23.2 Å². The van der Waals surface area contributed by atoms with E-state index in [9.17, 15) is 4.39 Å². The van der Waals surface area contributed by atoms with E-state index in [1.807, 2.05) is 0 Å². The molecule has 0 heterocycles. The van der Waals surface area contributed by atoms with Gasteiger partial charge in [0.15, 0.2) is 0 Å². The average molecular weight is 217 g/mol. The number of hydrogen-bond acceptors (Lipinski definition) is 0. The van der Waals surface area contributed by atoms with E-state index in [-0.39, 0.29) is 5.56 Å². The fourth-order valence-corrected chi connectivity index (χ4v) is 1.12. The molecule has 0 unspecified atom stereocenters. The van der Waals surface area contributed by atoms with Crippen LogP contribution in [0, 0.1) is 17.7 Å². The van der Waals surface area contributed by atoms with Crippen LogP contribution in [0.2, 0.25) is 5.02 Å². The molecule has 0 nitrogen and oxygen atoms in total. The monoisotopic (exact) mass is 216 g/mol. The van der Waals surface area contributed by atoms with Crippen LogP contribution >= 0.6 is 23.2 Å². The summed E-state index contributed by atoms with van der Waals surface area (Å²) in [6, 6.07) is 4.48. The number of alkyl halides is 1. The lowest BCUT2D eigenvalue weighted by Gasteiger charge is -1.95. The van der Waals surface area contributed by atoms with E-state index >= 15 is 0 Å².